The molecule has 0 atom stereocenters. The zero-order valence-corrected chi connectivity index (χ0v) is 5.26. The van der Waals surface area contributed by atoms with Crippen molar-refractivity contribution in [2.45, 2.75) is 6.04 Å². The molecule has 0 aromatic heterocycles. The molecule has 1 fully saturated rings. The fraction of sp³-hybridized carbons (Fsp3) is 0.600. The van der Waals surface area contributed by atoms with E-state index in [9.17, 15) is 9.59 Å². The second-order valence-electron chi connectivity index (χ2n) is 2.13. The fourth-order valence-electron chi connectivity index (χ4n) is 0.638. The van der Waals surface area contributed by atoms with Crippen LogP contribution < -0.4 is 10.6 Å². The quantitative estimate of drug-likeness (QED) is 0.378. The van der Waals surface area contributed by atoms with Gasteiger partial charge in [-0.25, -0.2) is 4.79 Å². The maximum absolute atomic E-state index is 10.4. The van der Waals surface area contributed by atoms with Crippen molar-refractivity contribution in [1.82, 2.24) is 10.6 Å². The molecule has 0 saturated carbocycles. The molecule has 0 aromatic carbocycles. The fourth-order valence-corrected chi connectivity index (χ4v) is 0.638. The molecule has 5 heteroatoms. The Bertz CT molecular complexity index is 164. The van der Waals surface area contributed by atoms with Gasteiger partial charge in [0.15, 0.2) is 0 Å². The molecule has 1 aliphatic rings. The summed E-state index contributed by atoms with van der Waals surface area (Å²) < 4.78 is 0. The Morgan fingerprint density at radius 3 is 2.40 bits per heavy atom. The van der Waals surface area contributed by atoms with Crippen LogP contribution in [0.4, 0.5) is 0 Å². The first-order valence-corrected chi connectivity index (χ1v) is 2.94. The summed E-state index contributed by atoms with van der Waals surface area (Å²) in [5.41, 5.74) is 0. The molecule has 0 aliphatic carbocycles. The summed E-state index contributed by atoms with van der Waals surface area (Å²) in [4.78, 5) is 20.3. The summed E-state index contributed by atoms with van der Waals surface area (Å²) in [5, 5.41) is 13.3. The summed E-state index contributed by atoms with van der Waals surface area (Å²) in [5.74, 6) is -2.35. The van der Waals surface area contributed by atoms with Crippen LogP contribution in [0.5, 0.6) is 0 Å². The third-order valence-electron chi connectivity index (χ3n) is 1.31. The van der Waals surface area contributed by atoms with Gasteiger partial charge in [0.1, 0.15) is 0 Å². The van der Waals surface area contributed by atoms with Gasteiger partial charge in [-0.1, -0.05) is 0 Å². The lowest BCUT2D eigenvalue weighted by molar-refractivity contribution is -0.150. The van der Waals surface area contributed by atoms with Crippen molar-refractivity contribution in [3.63, 3.8) is 0 Å². The molecule has 0 aromatic rings. The van der Waals surface area contributed by atoms with E-state index in [4.69, 9.17) is 5.11 Å². The number of carbonyl (C=O) groups is 2. The van der Waals surface area contributed by atoms with Crippen molar-refractivity contribution >= 4 is 11.9 Å². The lowest BCUT2D eigenvalue weighted by Crippen LogP contribution is -2.58. The van der Waals surface area contributed by atoms with Crippen molar-refractivity contribution in [3.05, 3.63) is 0 Å². The van der Waals surface area contributed by atoms with Gasteiger partial charge in [0.2, 0.25) is 0 Å². The lowest BCUT2D eigenvalue weighted by Gasteiger charge is -2.26. The zero-order valence-electron chi connectivity index (χ0n) is 5.26. The van der Waals surface area contributed by atoms with E-state index in [1.54, 1.807) is 0 Å². The molecule has 3 N–H and O–H groups in total. The summed E-state index contributed by atoms with van der Waals surface area (Å²) in [7, 11) is 0. The van der Waals surface area contributed by atoms with E-state index >= 15 is 0 Å². The smallest absolute Gasteiger partial charge is 0.394 e. The minimum Gasteiger partial charge on any atom is -0.474 e. The number of carboxylic acids is 1. The second kappa shape index (κ2) is 2.66. The van der Waals surface area contributed by atoms with Gasteiger partial charge in [-0.3, -0.25) is 4.79 Å². The predicted molar refractivity (Wildman–Crippen MR) is 32.4 cm³/mol. The van der Waals surface area contributed by atoms with Crippen molar-refractivity contribution in [3.8, 4) is 0 Å². The van der Waals surface area contributed by atoms with Crippen LogP contribution in [0.1, 0.15) is 0 Å². The van der Waals surface area contributed by atoms with Gasteiger partial charge < -0.3 is 15.7 Å². The van der Waals surface area contributed by atoms with Gasteiger partial charge in [0.25, 0.3) is 0 Å². The Kier molecular flexibility index (Phi) is 1.86. The minimum absolute atomic E-state index is 0.00333. The Morgan fingerprint density at radius 1 is 1.50 bits per heavy atom. The molecule has 1 heterocycles. The summed E-state index contributed by atoms with van der Waals surface area (Å²) in [6.07, 6.45) is 0. The van der Waals surface area contributed by atoms with Crippen molar-refractivity contribution in [1.29, 1.82) is 0 Å². The highest BCUT2D eigenvalue weighted by Gasteiger charge is 2.21. The number of hydrogen-bond donors (Lipinski definition) is 3. The molecule has 0 unspecified atom stereocenters. The van der Waals surface area contributed by atoms with Gasteiger partial charge in [0.05, 0.1) is 6.04 Å². The molecule has 0 radical (unpaired) electrons. The molecule has 56 valence electrons. The highest BCUT2D eigenvalue weighted by atomic mass is 16.4. The number of amides is 1. The summed E-state index contributed by atoms with van der Waals surface area (Å²) >= 11 is 0. The van der Waals surface area contributed by atoms with Crippen LogP contribution in [0.25, 0.3) is 0 Å². The van der Waals surface area contributed by atoms with E-state index in [2.05, 4.69) is 10.6 Å². The average molecular weight is 144 g/mol. The van der Waals surface area contributed by atoms with Gasteiger partial charge in [0, 0.05) is 13.1 Å². The first kappa shape index (κ1) is 7.01. The van der Waals surface area contributed by atoms with Crippen LogP contribution in [-0.2, 0) is 9.59 Å². The Labute approximate surface area is 57.4 Å². The molecule has 0 spiro atoms. The van der Waals surface area contributed by atoms with Crippen LogP contribution in [0, 0.1) is 0 Å². The molecule has 10 heavy (non-hydrogen) atoms. The molecular weight excluding hydrogens is 136 g/mol. The molecule has 1 amide bonds. The highest BCUT2D eigenvalue weighted by Crippen LogP contribution is 1.89. The van der Waals surface area contributed by atoms with Crippen LogP contribution in [0.2, 0.25) is 0 Å². The van der Waals surface area contributed by atoms with Crippen molar-refractivity contribution in [2.24, 2.45) is 0 Å². The van der Waals surface area contributed by atoms with Gasteiger partial charge in [-0.15, -0.1) is 0 Å². The number of rotatable bonds is 1. The lowest BCUT2D eigenvalue weighted by atomic mass is 10.2. The normalized spacial score (nSPS) is 17.6. The van der Waals surface area contributed by atoms with Gasteiger partial charge in [-0.2, -0.15) is 0 Å². The average Bonchev–Trinajstić information content (AvgIpc) is 1.77. The highest BCUT2D eigenvalue weighted by molar-refractivity contribution is 6.31. The van der Waals surface area contributed by atoms with Crippen LogP contribution in [0.15, 0.2) is 0 Å². The minimum atomic E-state index is -1.42. The molecule has 1 aliphatic heterocycles. The van der Waals surface area contributed by atoms with E-state index in [0.717, 1.165) is 0 Å². The predicted octanol–water partition coefficient (Wildman–Crippen LogP) is -1.84. The van der Waals surface area contributed by atoms with E-state index < -0.39 is 11.9 Å². The molecule has 1 rings (SSSR count). The summed E-state index contributed by atoms with van der Waals surface area (Å²) in [6, 6.07) is 0.00333. The monoisotopic (exact) mass is 144 g/mol. The Balaban J connectivity index is 2.23. The second-order valence-corrected chi connectivity index (χ2v) is 2.13. The standard InChI is InChI=1S/C5H8N2O3/c8-4(5(9)10)7-3-1-6-2-3/h3,6H,1-2H2,(H,7,8)(H,9,10). The van der Waals surface area contributed by atoms with E-state index in [1.807, 2.05) is 0 Å². The van der Waals surface area contributed by atoms with Crippen LogP contribution in [-0.4, -0.2) is 36.1 Å². The van der Waals surface area contributed by atoms with E-state index in [0.29, 0.717) is 13.1 Å². The topological polar surface area (TPSA) is 78.4 Å². The van der Waals surface area contributed by atoms with Crippen molar-refractivity contribution in [2.75, 3.05) is 13.1 Å². The summed E-state index contributed by atoms with van der Waals surface area (Å²) in [6.45, 7) is 1.33. The maximum atomic E-state index is 10.4. The first-order chi connectivity index (χ1) is 4.70. The number of hydrogen-bond acceptors (Lipinski definition) is 3. The molecule has 0 bridgehead atoms. The Hall–Kier alpha value is -1.10. The number of carbonyl (C=O) groups excluding carboxylic acids is 1. The largest absolute Gasteiger partial charge is 0.474 e. The molecule has 1 saturated heterocycles. The van der Waals surface area contributed by atoms with Crippen LogP contribution >= 0.6 is 0 Å². The number of aliphatic carboxylic acids is 1. The maximum Gasteiger partial charge on any atom is 0.394 e. The third kappa shape index (κ3) is 1.44. The van der Waals surface area contributed by atoms with Gasteiger partial charge >= 0.3 is 11.9 Å². The SMILES string of the molecule is O=C(O)C(=O)NC1CNC1. The number of nitrogens with one attached hydrogen (secondary N) is 2. The third-order valence-corrected chi connectivity index (χ3v) is 1.31. The first-order valence-electron chi connectivity index (χ1n) is 2.94. The van der Waals surface area contributed by atoms with Crippen molar-refractivity contribution < 1.29 is 14.7 Å². The Morgan fingerprint density at radius 2 is 2.10 bits per heavy atom. The van der Waals surface area contributed by atoms with E-state index in [-0.39, 0.29) is 6.04 Å². The number of carboxylic acid groups (broad SMARTS) is 1. The van der Waals surface area contributed by atoms with Crippen LogP contribution in [0.3, 0.4) is 0 Å². The van der Waals surface area contributed by atoms with Gasteiger partial charge in [-0.05, 0) is 0 Å². The molecule has 5 nitrogen and oxygen atoms in total. The molecular formula is C5H8N2O3. The zero-order chi connectivity index (χ0) is 7.56. The van der Waals surface area contributed by atoms with E-state index in [1.165, 1.54) is 0 Å².